The predicted molar refractivity (Wildman–Crippen MR) is 83.6 cm³/mol. The number of benzene rings is 1. The van der Waals surface area contributed by atoms with Gasteiger partial charge in [-0.15, -0.1) is 5.11 Å². The largest absolute Gasteiger partial charge is 0.327 e. The predicted octanol–water partition coefficient (Wildman–Crippen LogP) is 0.695. The van der Waals surface area contributed by atoms with Crippen LogP contribution in [-0.2, 0) is 10.2 Å². The molecular formula is C15H8N6O3. The number of amides is 1. The van der Waals surface area contributed by atoms with Gasteiger partial charge in [-0.25, -0.2) is 9.79 Å². The Bertz CT molecular complexity index is 1150. The van der Waals surface area contributed by atoms with Crippen LogP contribution >= 0.6 is 0 Å². The molecule has 0 saturated carbocycles. The number of hydrogen-bond donors (Lipinski definition) is 3. The highest BCUT2D eigenvalue weighted by Crippen LogP contribution is 2.52. The minimum Gasteiger partial charge on any atom is -0.324 e. The molecule has 4 heterocycles. The molecule has 1 spiro atoms. The molecule has 3 aliphatic rings. The van der Waals surface area contributed by atoms with Crippen LogP contribution in [0.2, 0.25) is 0 Å². The fraction of sp³-hybridized carbons (Fsp3) is 0.0667. The van der Waals surface area contributed by atoms with Gasteiger partial charge in [-0.3, -0.25) is 19.6 Å². The standard InChI is InChI=1S/C15H8N6O3/c22-12-9-11(19-14(24)20-12)18-10-7(5-16-21-10)15(9)6-3-1-2-4-8(6)17-13(15)23/h1-5H,(H,17,23)(H2,19,20,22,24). The first kappa shape index (κ1) is 12.9. The van der Waals surface area contributed by atoms with Crippen LogP contribution in [0.4, 0.5) is 11.5 Å². The Kier molecular flexibility index (Phi) is 2.15. The first-order valence-electron chi connectivity index (χ1n) is 7.11. The Hall–Kier alpha value is -3.62. The molecule has 1 atom stereocenters. The van der Waals surface area contributed by atoms with E-state index >= 15 is 0 Å². The van der Waals surface area contributed by atoms with E-state index in [-0.39, 0.29) is 17.2 Å². The first-order valence-corrected chi connectivity index (χ1v) is 7.11. The van der Waals surface area contributed by atoms with Gasteiger partial charge in [0.1, 0.15) is 11.2 Å². The smallest absolute Gasteiger partial charge is 0.324 e. The summed E-state index contributed by atoms with van der Waals surface area (Å²) in [6.07, 6.45) is 1.42. The van der Waals surface area contributed by atoms with Gasteiger partial charge in [0.15, 0.2) is 5.84 Å². The highest BCUT2D eigenvalue weighted by atomic mass is 16.2. The fourth-order valence-corrected chi connectivity index (χ4v) is 3.52. The topological polar surface area (TPSA) is 132 Å². The lowest BCUT2D eigenvalue weighted by molar-refractivity contribution is -0.118. The van der Waals surface area contributed by atoms with E-state index in [1.807, 2.05) is 0 Å². The number of rotatable bonds is 0. The third kappa shape index (κ3) is 1.30. The number of hydrogen-bond acceptors (Lipinski definition) is 6. The summed E-state index contributed by atoms with van der Waals surface area (Å²) in [5, 5.41) is 10.5. The number of anilines is 1. The maximum Gasteiger partial charge on any atom is 0.327 e. The van der Waals surface area contributed by atoms with Crippen molar-refractivity contribution >= 4 is 23.2 Å². The van der Waals surface area contributed by atoms with E-state index in [2.05, 4.69) is 30.5 Å². The van der Waals surface area contributed by atoms with E-state index < -0.39 is 22.6 Å². The second-order valence-corrected chi connectivity index (χ2v) is 5.58. The highest BCUT2D eigenvalue weighted by Gasteiger charge is 2.58. The van der Waals surface area contributed by atoms with Gasteiger partial charge in [0, 0.05) is 16.8 Å². The van der Waals surface area contributed by atoms with Crippen molar-refractivity contribution in [3.8, 4) is 0 Å². The van der Waals surface area contributed by atoms with Gasteiger partial charge in [0.2, 0.25) is 5.91 Å². The number of nitrogens with one attached hydrogen (secondary N) is 3. The van der Waals surface area contributed by atoms with Crippen LogP contribution < -0.4 is 16.6 Å². The molecule has 116 valence electrons. The van der Waals surface area contributed by atoms with E-state index in [0.29, 0.717) is 16.8 Å². The molecule has 1 aromatic heterocycles. The molecule has 0 aliphatic carbocycles. The normalized spacial score (nSPS) is 22.6. The summed E-state index contributed by atoms with van der Waals surface area (Å²) in [6, 6.07) is 7.06. The number of aromatic nitrogens is 2. The van der Waals surface area contributed by atoms with Crippen LogP contribution in [0, 0.1) is 0 Å². The van der Waals surface area contributed by atoms with Crippen molar-refractivity contribution in [2.24, 2.45) is 15.2 Å². The van der Waals surface area contributed by atoms with Crippen molar-refractivity contribution in [1.82, 2.24) is 9.97 Å². The number of carbonyl (C=O) groups excluding carboxylic acids is 1. The average Bonchev–Trinajstić information content (AvgIpc) is 3.11. The number of azo groups is 1. The molecule has 3 aliphatic heterocycles. The lowest BCUT2D eigenvalue weighted by atomic mass is 9.69. The summed E-state index contributed by atoms with van der Waals surface area (Å²) in [5.41, 5.74) is -1.15. The summed E-state index contributed by atoms with van der Waals surface area (Å²) < 4.78 is 0. The second-order valence-electron chi connectivity index (χ2n) is 5.58. The number of fused-ring (bicyclic) bond motifs is 6. The number of nitrogens with zero attached hydrogens (tertiary/aromatic N) is 3. The molecule has 1 unspecified atom stereocenters. The Balaban J connectivity index is 2.01. The molecular weight excluding hydrogens is 312 g/mol. The van der Waals surface area contributed by atoms with Crippen molar-refractivity contribution in [3.63, 3.8) is 0 Å². The number of aliphatic imine (C=N–C) groups is 1. The Morgan fingerprint density at radius 1 is 1.04 bits per heavy atom. The number of H-pyrrole nitrogens is 2. The van der Waals surface area contributed by atoms with Gasteiger partial charge in [-0.05, 0) is 6.07 Å². The number of carbonyl (C=O) groups is 1. The van der Waals surface area contributed by atoms with Crippen LogP contribution in [0.1, 0.15) is 11.1 Å². The van der Waals surface area contributed by atoms with Crippen molar-refractivity contribution in [1.29, 1.82) is 0 Å². The molecule has 2 aromatic rings. The van der Waals surface area contributed by atoms with Gasteiger partial charge in [-0.1, -0.05) is 18.2 Å². The molecule has 0 saturated heterocycles. The van der Waals surface area contributed by atoms with Gasteiger partial charge in [-0.2, -0.15) is 5.11 Å². The van der Waals surface area contributed by atoms with Crippen LogP contribution in [0.3, 0.4) is 0 Å². The zero-order valence-corrected chi connectivity index (χ0v) is 12.0. The van der Waals surface area contributed by atoms with E-state index in [4.69, 9.17) is 0 Å². The van der Waals surface area contributed by atoms with Gasteiger partial charge in [0.05, 0.1) is 11.8 Å². The molecule has 1 aromatic carbocycles. The monoisotopic (exact) mass is 320 g/mol. The van der Waals surface area contributed by atoms with Crippen LogP contribution in [-0.4, -0.2) is 21.7 Å². The minimum absolute atomic E-state index is 0.0172. The zero-order chi connectivity index (χ0) is 16.5. The maximum absolute atomic E-state index is 13.0. The van der Waals surface area contributed by atoms with E-state index in [9.17, 15) is 14.4 Å². The summed E-state index contributed by atoms with van der Waals surface area (Å²) in [4.78, 5) is 46.1. The van der Waals surface area contributed by atoms with E-state index in [1.165, 1.54) is 6.20 Å². The number of amidine groups is 1. The van der Waals surface area contributed by atoms with Crippen LogP contribution in [0.25, 0.3) is 0 Å². The number of para-hydroxylation sites is 1. The lowest BCUT2D eigenvalue weighted by Crippen LogP contribution is -2.46. The summed E-state index contributed by atoms with van der Waals surface area (Å²) in [7, 11) is 0. The number of aromatic amines is 2. The summed E-state index contributed by atoms with van der Waals surface area (Å²) in [6.45, 7) is 0. The Morgan fingerprint density at radius 3 is 2.75 bits per heavy atom. The second kappa shape index (κ2) is 4.02. The minimum atomic E-state index is -1.44. The van der Waals surface area contributed by atoms with Crippen LogP contribution in [0.5, 0.6) is 0 Å². The van der Waals surface area contributed by atoms with Crippen molar-refractivity contribution in [2.75, 3.05) is 5.32 Å². The molecule has 0 radical (unpaired) electrons. The third-order valence-corrected chi connectivity index (χ3v) is 4.42. The van der Waals surface area contributed by atoms with Gasteiger partial charge in [0.25, 0.3) is 5.56 Å². The third-order valence-electron chi connectivity index (χ3n) is 4.42. The van der Waals surface area contributed by atoms with Crippen molar-refractivity contribution in [3.05, 3.63) is 68.0 Å². The molecule has 24 heavy (non-hydrogen) atoms. The maximum atomic E-state index is 13.0. The highest BCUT2D eigenvalue weighted by molar-refractivity contribution is 6.21. The fourth-order valence-electron chi connectivity index (χ4n) is 3.52. The van der Waals surface area contributed by atoms with Crippen molar-refractivity contribution < 1.29 is 4.79 Å². The Morgan fingerprint density at radius 2 is 1.88 bits per heavy atom. The summed E-state index contributed by atoms with van der Waals surface area (Å²) in [5.74, 6) is -0.187. The first-order chi connectivity index (χ1) is 11.6. The molecule has 0 fully saturated rings. The van der Waals surface area contributed by atoms with Crippen molar-refractivity contribution in [2.45, 2.75) is 5.41 Å². The van der Waals surface area contributed by atoms with Gasteiger partial charge >= 0.3 is 5.69 Å². The van der Waals surface area contributed by atoms with E-state index in [0.717, 1.165) is 0 Å². The van der Waals surface area contributed by atoms with Crippen LogP contribution in [0.15, 0.2) is 60.8 Å². The summed E-state index contributed by atoms with van der Waals surface area (Å²) >= 11 is 0. The lowest BCUT2D eigenvalue weighted by Gasteiger charge is -2.31. The average molecular weight is 320 g/mol. The molecule has 9 nitrogen and oxygen atoms in total. The van der Waals surface area contributed by atoms with E-state index in [1.54, 1.807) is 24.3 Å². The Labute approximate surface area is 132 Å². The van der Waals surface area contributed by atoms with Gasteiger partial charge < -0.3 is 5.32 Å². The SMILES string of the molecule is O=C1Nc2ccccc2C12C1=CN=NC1=Nc1[nH]c(=O)[nH]c(=O)c12. The molecule has 5 rings (SSSR count). The quantitative estimate of drug-likeness (QED) is 0.659. The molecule has 1 amide bonds. The molecule has 0 bridgehead atoms. The molecule has 9 heteroatoms. The molecule has 3 N–H and O–H groups in total. The zero-order valence-electron chi connectivity index (χ0n) is 12.0.